The summed E-state index contributed by atoms with van der Waals surface area (Å²) in [5.41, 5.74) is 0.744. The van der Waals surface area contributed by atoms with Gasteiger partial charge < -0.3 is 24.4 Å². The minimum Gasteiger partial charge on any atom is -0.444 e. The molecule has 0 bridgehead atoms. The highest BCUT2D eigenvalue weighted by atomic mass is 16.6. The molecule has 0 radical (unpaired) electrons. The fourth-order valence-electron chi connectivity index (χ4n) is 4.46. The highest BCUT2D eigenvalue weighted by molar-refractivity contribution is 5.91. The summed E-state index contributed by atoms with van der Waals surface area (Å²) in [5, 5.41) is 0. The van der Waals surface area contributed by atoms with Gasteiger partial charge in [-0.3, -0.25) is 9.59 Å². The van der Waals surface area contributed by atoms with Crippen molar-refractivity contribution in [2.75, 3.05) is 32.7 Å². The Morgan fingerprint density at radius 2 is 1.97 bits per heavy atom. The number of aromatic nitrogens is 2. The maximum absolute atomic E-state index is 13.4. The molecule has 31 heavy (non-hydrogen) atoms. The van der Waals surface area contributed by atoms with Gasteiger partial charge in [0.05, 0.1) is 17.6 Å². The average molecular weight is 432 g/mol. The first kappa shape index (κ1) is 22.8. The van der Waals surface area contributed by atoms with Crippen LogP contribution in [0, 0.1) is 0 Å². The van der Waals surface area contributed by atoms with E-state index in [1.807, 2.05) is 32.6 Å². The van der Waals surface area contributed by atoms with Gasteiger partial charge in [-0.2, -0.15) is 0 Å². The van der Waals surface area contributed by atoms with Crippen molar-refractivity contribution in [3.8, 4) is 0 Å². The first-order valence-electron chi connectivity index (χ1n) is 10.8. The molecule has 2 aliphatic rings. The van der Waals surface area contributed by atoms with E-state index in [9.17, 15) is 14.4 Å². The zero-order valence-corrected chi connectivity index (χ0v) is 18.9. The molecule has 3 rings (SSSR count). The number of rotatable bonds is 4. The second-order valence-corrected chi connectivity index (χ2v) is 9.08. The third-order valence-electron chi connectivity index (χ3n) is 6.00. The molecule has 3 amide bonds. The van der Waals surface area contributed by atoms with Crippen molar-refractivity contribution in [1.82, 2.24) is 24.7 Å². The van der Waals surface area contributed by atoms with Crippen molar-refractivity contribution in [2.24, 2.45) is 0 Å². The molecule has 170 valence electrons. The molecule has 0 aromatic carbocycles. The summed E-state index contributed by atoms with van der Waals surface area (Å²) in [6.07, 6.45) is 4.37. The summed E-state index contributed by atoms with van der Waals surface area (Å²) < 4.78 is 5.52. The lowest BCUT2D eigenvalue weighted by Gasteiger charge is -2.50. The maximum Gasteiger partial charge on any atom is 0.410 e. The fraction of sp³-hybridized carbons (Fsp3) is 0.636. The van der Waals surface area contributed by atoms with Crippen LogP contribution in [-0.4, -0.2) is 80.9 Å². The number of ether oxygens (including phenoxy) is 1. The van der Waals surface area contributed by atoms with Gasteiger partial charge in [0, 0.05) is 38.3 Å². The van der Waals surface area contributed by atoms with Crippen LogP contribution < -0.4 is 0 Å². The van der Waals surface area contributed by atoms with Crippen LogP contribution in [0.25, 0.3) is 0 Å². The molecule has 0 saturated carbocycles. The first-order chi connectivity index (χ1) is 14.6. The van der Waals surface area contributed by atoms with E-state index in [2.05, 4.69) is 16.5 Å². The molecule has 0 aliphatic carbocycles. The zero-order chi connectivity index (χ0) is 22.8. The summed E-state index contributed by atoms with van der Waals surface area (Å²) in [4.78, 5) is 50.8. The Morgan fingerprint density at radius 3 is 2.55 bits per heavy atom. The number of H-pyrrole nitrogens is 1. The van der Waals surface area contributed by atoms with Crippen LogP contribution in [0.15, 0.2) is 19.0 Å². The number of imidazole rings is 1. The van der Waals surface area contributed by atoms with Gasteiger partial charge in [0.25, 0.3) is 0 Å². The molecule has 0 atom stereocenters. The fourth-order valence-corrected chi connectivity index (χ4v) is 4.46. The van der Waals surface area contributed by atoms with Crippen molar-refractivity contribution >= 4 is 17.9 Å². The quantitative estimate of drug-likeness (QED) is 0.736. The van der Waals surface area contributed by atoms with Gasteiger partial charge in [-0.15, -0.1) is 0 Å². The van der Waals surface area contributed by atoms with E-state index in [4.69, 9.17) is 4.74 Å². The summed E-state index contributed by atoms with van der Waals surface area (Å²) >= 11 is 0. The highest BCUT2D eigenvalue weighted by Crippen LogP contribution is 2.42. The predicted molar refractivity (Wildman–Crippen MR) is 115 cm³/mol. The number of aromatic amines is 1. The van der Waals surface area contributed by atoms with Crippen molar-refractivity contribution < 1.29 is 19.1 Å². The molecular formula is C22H33N5O4. The third-order valence-corrected chi connectivity index (χ3v) is 6.00. The SMILES string of the molecule is C=CC(=O)N(CC)CC(=O)N1CCc2[nH]cnc2C12CCN(C(=O)OC(C)(C)C)CC2. The molecule has 9 heteroatoms. The van der Waals surface area contributed by atoms with Crippen LogP contribution in [-0.2, 0) is 26.3 Å². The van der Waals surface area contributed by atoms with Crippen LogP contribution in [0.1, 0.15) is 51.9 Å². The molecule has 1 fully saturated rings. The van der Waals surface area contributed by atoms with Gasteiger partial charge in [0.2, 0.25) is 11.8 Å². The Labute approximate surface area is 183 Å². The van der Waals surface area contributed by atoms with Crippen LogP contribution in [0.2, 0.25) is 0 Å². The van der Waals surface area contributed by atoms with Gasteiger partial charge in [0.1, 0.15) is 12.1 Å². The Hall–Kier alpha value is -2.84. The van der Waals surface area contributed by atoms with Gasteiger partial charge in [-0.05, 0) is 46.6 Å². The molecule has 3 heterocycles. The molecule has 1 saturated heterocycles. The topological polar surface area (TPSA) is 98.8 Å². The number of likely N-dealkylation sites (N-methyl/N-ethyl adjacent to an activating group) is 1. The second kappa shape index (κ2) is 8.72. The number of piperidine rings is 1. The van der Waals surface area contributed by atoms with Gasteiger partial charge >= 0.3 is 6.09 Å². The Morgan fingerprint density at radius 1 is 1.29 bits per heavy atom. The molecule has 1 N–H and O–H groups in total. The number of nitrogens with one attached hydrogen (secondary N) is 1. The van der Waals surface area contributed by atoms with E-state index in [0.717, 1.165) is 11.4 Å². The standard InChI is InChI=1S/C22H33N5O4/c1-6-17(28)25(7-2)14-18(29)27-11-8-16-19(24-15-23-16)22(27)9-12-26(13-10-22)20(30)31-21(3,4)5/h6,15H,1,7-14H2,2-5H3,(H,23,24). The number of hydrogen-bond donors (Lipinski definition) is 1. The summed E-state index contributed by atoms with van der Waals surface area (Å²) in [6.45, 7) is 12.8. The summed E-state index contributed by atoms with van der Waals surface area (Å²) in [7, 11) is 0. The second-order valence-electron chi connectivity index (χ2n) is 9.08. The lowest BCUT2D eigenvalue weighted by Crippen LogP contribution is -2.60. The number of nitrogens with zero attached hydrogens (tertiary/aromatic N) is 4. The van der Waals surface area contributed by atoms with E-state index in [1.54, 1.807) is 11.2 Å². The van der Waals surface area contributed by atoms with E-state index >= 15 is 0 Å². The highest BCUT2D eigenvalue weighted by Gasteiger charge is 2.49. The third kappa shape index (κ3) is 4.60. The van der Waals surface area contributed by atoms with Gasteiger partial charge in [-0.1, -0.05) is 6.58 Å². The summed E-state index contributed by atoms with van der Waals surface area (Å²) in [6, 6.07) is 0. The molecule has 1 aromatic heterocycles. The molecule has 0 unspecified atom stereocenters. The van der Waals surface area contributed by atoms with Gasteiger partial charge in [-0.25, -0.2) is 9.78 Å². The first-order valence-corrected chi connectivity index (χ1v) is 10.8. The zero-order valence-electron chi connectivity index (χ0n) is 18.9. The minimum atomic E-state index is -0.597. The van der Waals surface area contributed by atoms with Crippen molar-refractivity contribution in [3.63, 3.8) is 0 Å². The number of amides is 3. The lowest BCUT2D eigenvalue weighted by molar-refractivity contribution is -0.146. The molecular weight excluding hydrogens is 398 g/mol. The van der Waals surface area contributed by atoms with E-state index in [1.165, 1.54) is 11.0 Å². The van der Waals surface area contributed by atoms with E-state index < -0.39 is 11.1 Å². The van der Waals surface area contributed by atoms with Crippen LogP contribution >= 0.6 is 0 Å². The maximum atomic E-state index is 13.4. The number of likely N-dealkylation sites (tertiary alicyclic amines) is 1. The number of fused-ring (bicyclic) bond motifs is 2. The molecule has 9 nitrogen and oxygen atoms in total. The summed E-state index contributed by atoms with van der Waals surface area (Å²) in [5.74, 6) is -0.376. The molecule has 1 spiro atoms. The number of hydrogen-bond acceptors (Lipinski definition) is 5. The van der Waals surface area contributed by atoms with Crippen LogP contribution in [0.4, 0.5) is 4.79 Å². The lowest BCUT2D eigenvalue weighted by atomic mass is 9.78. The molecule has 2 aliphatic heterocycles. The van der Waals surface area contributed by atoms with E-state index in [-0.39, 0.29) is 24.5 Å². The number of carbonyl (C=O) groups is 3. The minimum absolute atomic E-state index is 0.00135. The monoisotopic (exact) mass is 431 g/mol. The van der Waals surface area contributed by atoms with Gasteiger partial charge in [0.15, 0.2) is 0 Å². The van der Waals surface area contributed by atoms with Crippen molar-refractivity contribution in [2.45, 2.75) is 58.1 Å². The molecule has 1 aromatic rings. The van der Waals surface area contributed by atoms with Crippen LogP contribution in [0.3, 0.4) is 0 Å². The van der Waals surface area contributed by atoms with Crippen molar-refractivity contribution in [3.05, 3.63) is 30.4 Å². The Bertz CT molecular complexity index is 848. The number of carbonyl (C=O) groups excluding carboxylic acids is 3. The Balaban J connectivity index is 1.82. The normalized spacial score (nSPS) is 17.8. The largest absolute Gasteiger partial charge is 0.444 e. The Kier molecular flexibility index (Phi) is 6.43. The van der Waals surface area contributed by atoms with Crippen LogP contribution in [0.5, 0.6) is 0 Å². The van der Waals surface area contributed by atoms with Crippen molar-refractivity contribution in [1.29, 1.82) is 0 Å². The van der Waals surface area contributed by atoms with E-state index in [0.29, 0.717) is 45.4 Å². The predicted octanol–water partition coefficient (Wildman–Crippen LogP) is 2.06. The smallest absolute Gasteiger partial charge is 0.410 e. The average Bonchev–Trinajstić information content (AvgIpc) is 3.21.